The van der Waals surface area contributed by atoms with E-state index in [2.05, 4.69) is 28.2 Å². The Bertz CT molecular complexity index is 964. The third kappa shape index (κ3) is 7.76. The molecule has 6 heteroatoms. The summed E-state index contributed by atoms with van der Waals surface area (Å²) in [6.07, 6.45) is 6.01. The summed E-state index contributed by atoms with van der Waals surface area (Å²) in [6, 6.07) is 13.0. The van der Waals surface area contributed by atoms with Crippen LogP contribution in [0.4, 0.5) is 5.69 Å². The molecule has 31 heavy (non-hydrogen) atoms. The summed E-state index contributed by atoms with van der Waals surface area (Å²) in [5.41, 5.74) is 2.35. The first-order valence-corrected chi connectivity index (χ1v) is 11.4. The van der Waals surface area contributed by atoms with E-state index in [9.17, 15) is 10.1 Å². The molecule has 2 rings (SSSR count). The maximum atomic E-state index is 12.6. The van der Waals surface area contributed by atoms with Gasteiger partial charge in [-0.05, 0) is 77.7 Å². The zero-order valence-electron chi connectivity index (χ0n) is 18.3. The topological polar surface area (TPSA) is 71.3 Å². The molecule has 1 N–H and O–H groups in total. The van der Waals surface area contributed by atoms with E-state index >= 15 is 0 Å². The first-order chi connectivity index (χ1) is 15.0. The van der Waals surface area contributed by atoms with Crippen molar-refractivity contribution in [2.24, 2.45) is 0 Å². The highest BCUT2D eigenvalue weighted by molar-refractivity contribution is 9.10. The van der Waals surface area contributed by atoms with Gasteiger partial charge in [0.05, 0.1) is 17.7 Å². The van der Waals surface area contributed by atoms with Gasteiger partial charge in [-0.25, -0.2) is 0 Å². The number of unbranched alkanes of at least 4 members (excludes halogenated alkanes) is 3. The van der Waals surface area contributed by atoms with Gasteiger partial charge in [0.1, 0.15) is 11.6 Å². The van der Waals surface area contributed by atoms with E-state index in [0.717, 1.165) is 22.9 Å². The third-order valence-corrected chi connectivity index (χ3v) is 5.12. The Morgan fingerprint density at radius 1 is 1.16 bits per heavy atom. The summed E-state index contributed by atoms with van der Waals surface area (Å²) in [5.74, 6) is 0.756. The number of anilines is 1. The van der Waals surface area contributed by atoms with Crippen molar-refractivity contribution in [3.8, 4) is 17.6 Å². The predicted molar refractivity (Wildman–Crippen MR) is 128 cm³/mol. The van der Waals surface area contributed by atoms with Gasteiger partial charge in [-0.1, -0.05) is 38.3 Å². The largest absolute Gasteiger partial charge is 0.490 e. The molecule has 0 unspecified atom stereocenters. The predicted octanol–water partition coefficient (Wildman–Crippen LogP) is 6.66. The summed E-state index contributed by atoms with van der Waals surface area (Å²) in [4.78, 5) is 12.6. The molecule has 0 bridgehead atoms. The summed E-state index contributed by atoms with van der Waals surface area (Å²) in [7, 11) is 0. The lowest BCUT2D eigenvalue weighted by Gasteiger charge is -2.15. The normalized spacial score (nSPS) is 11.0. The van der Waals surface area contributed by atoms with E-state index in [0.29, 0.717) is 36.0 Å². The number of ether oxygens (including phenoxy) is 2. The molecule has 0 aliphatic rings. The minimum Gasteiger partial charge on any atom is -0.490 e. The highest BCUT2D eigenvalue weighted by Gasteiger charge is 2.14. The van der Waals surface area contributed by atoms with Crippen molar-refractivity contribution in [1.29, 1.82) is 5.26 Å². The molecule has 0 aliphatic heterocycles. The van der Waals surface area contributed by atoms with Crippen LogP contribution in [0.3, 0.4) is 0 Å². The lowest BCUT2D eigenvalue weighted by molar-refractivity contribution is -0.112. The van der Waals surface area contributed by atoms with Crippen molar-refractivity contribution in [3.63, 3.8) is 0 Å². The molecule has 0 heterocycles. The first kappa shape index (κ1) is 24.5. The van der Waals surface area contributed by atoms with Crippen LogP contribution >= 0.6 is 15.9 Å². The van der Waals surface area contributed by atoms with Gasteiger partial charge in [-0.3, -0.25) is 4.79 Å². The van der Waals surface area contributed by atoms with Crippen molar-refractivity contribution < 1.29 is 14.3 Å². The number of nitriles is 1. The number of carbonyl (C=O) groups excluding carboxylic acids is 1. The summed E-state index contributed by atoms with van der Waals surface area (Å²) in [5, 5.41) is 12.3. The highest BCUT2D eigenvalue weighted by atomic mass is 79.9. The first-order valence-electron chi connectivity index (χ1n) is 10.6. The van der Waals surface area contributed by atoms with Crippen LogP contribution in [-0.4, -0.2) is 19.1 Å². The molecule has 2 aromatic rings. The number of carbonyl (C=O) groups is 1. The molecule has 0 saturated heterocycles. The van der Waals surface area contributed by atoms with Crippen LogP contribution in [0.25, 0.3) is 6.08 Å². The standard InChI is InChI=1S/C25H29BrN2O3/c1-4-6-7-8-12-31-24-22(26)15-19(16-23(24)30-5-2)14-20(17-27)25(29)28-21-11-9-10-18(3)13-21/h9-11,13-16H,4-8,12H2,1-3H3,(H,28,29)/b20-14+. The monoisotopic (exact) mass is 484 g/mol. The summed E-state index contributed by atoms with van der Waals surface area (Å²) in [6.45, 7) is 7.10. The minimum absolute atomic E-state index is 0.00379. The van der Waals surface area contributed by atoms with Gasteiger partial charge in [-0.2, -0.15) is 5.26 Å². The molecule has 0 saturated carbocycles. The van der Waals surface area contributed by atoms with Gasteiger partial charge < -0.3 is 14.8 Å². The molecule has 0 aliphatic carbocycles. The Hall–Kier alpha value is -2.78. The number of benzene rings is 2. The summed E-state index contributed by atoms with van der Waals surface area (Å²) < 4.78 is 12.4. The van der Waals surface area contributed by atoms with Crippen LogP contribution in [0.2, 0.25) is 0 Å². The van der Waals surface area contributed by atoms with E-state index in [1.807, 2.05) is 44.2 Å². The van der Waals surface area contributed by atoms with E-state index in [1.165, 1.54) is 12.8 Å². The van der Waals surface area contributed by atoms with Crippen LogP contribution in [-0.2, 0) is 4.79 Å². The second-order valence-corrected chi connectivity index (χ2v) is 8.02. The Morgan fingerprint density at radius 3 is 2.65 bits per heavy atom. The van der Waals surface area contributed by atoms with Crippen LogP contribution in [0.1, 0.15) is 50.7 Å². The van der Waals surface area contributed by atoms with E-state index in [4.69, 9.17) is 9.47 Å². The fourth-order valence-corrected chi connectivity index (χ4v) is 3.59. The van der Waals surface area contributed by atoms with E-state index in [-0.39, 0.29) is 5.57 Å². The van der Waals surface area contributed by atoms with Gasteiger partial charge in [0, 0.05) is 5.69 Å². The average Bonchev–Trinajstić information content (AvgIpc) is 2.73. The molecular weight excluding hydrogens is 456 g/mol. The SMILES string of the molecule is CCCCCCOc1c(Br)cc(/C=C(\C#N)C(=O)Nc2cccc(C)c2)cc1OCC. The van der Waals surface area contributed by atoms with Crippen molar-refractivity contribution in [2.45, 2.75) is 46.5 Å². The molecule has 5 nitrogen and oxygen atoms in total. The number of hydrogen-bond donors (Lipinski definition) is 1. The molecule has 0 atom stereocenters. The molecule has 164 valence electrons. The summed E-state index contributed by atoms with van der Waals surface area (Å²) >= 11 is 3.54. The molecular formula is C25H29BrN2O3. The maximum Gasteiger partial charge on any atom is 0.266 e. The second kappa shape index (κ2) is 12.8. The minimum atomic E-state index is -0.460. The molecule has 0 radical (unpaired) electrons. The third-order valence-electron chi connectivity index (χ3n) is 4.53. The fourth-order valence-electron chi connectivity index (χ4n) is 3.01. The van der Waals surface area contributed by atoms with Crippen LogP contribution in [0, 0.1) is 18.3 Å². The smallest absolute Gasteiger partial charge is 0.266 e. The quantitative estimate of drug-likeness (QED) is 0.220. The zero-order valence-corrected chi connectivity index (χ0v) is 19.9. The molecule has 0 fully saturated rings. The number of amides is 1. The number of halogens is 1. The number of aryl methyl sites for hydroxylation is 1. The lowest BCUT2D eigenvalue weighted by Crippen LogP contribution is -2.13. The lowest BCUT2D eigenvalue weighted by atomic mass is 10.1. The number of rotatable bonds is 11. The highest BCUT2D eigenvalue weighted by Crippen LogP contribution is 2.37. The van der Waals surface area contributed by atoms with Crippen molar-refractivity contribution in [3.05, 3.63) is 57.6 Å². The second-order valence-electron chi connectivity index (χ2n) is 7.17. The Balaban J connectivity index is 2.21. The van der Waals surface area contributed by atoms with Crippen molar-refractivity contribution in [2.75, 3.05) is 18.5 Å². The van der Waals surface area contributed by atoms with Gasteiger partial charge in [-0.15, -0.1) is 0 Å². The molecule has 0 spiro atoms. The van der Waals surface area contributed by atoms with Crippen LogP contribution < -0.4 is 14.8 Å². The molecule has 0 aromatic heterocycles. The van der Waals surface area contributed by atoms with Crippen LogP contribution in [0.15, 0.2) is 46.4 Å². The van der Waals surface area contributed by atoms with Crippen molar-refractivity contribution in [1.82, 2.24) is 0 Å². The fraction of sp³-hybridized carbons (Fsp3) is 0.360. The zero-order chi connectivity index (χ0) is 22.6. The van der Waals surface area contributed by atoms with Gasteiger partial charge in [0.25, 0.3) is 5.91 Å². The van der Waals surface area contributed by atoms with Crippen molar-refractivity contribution >= 4 is 33.6 Å². The number of nitrogens with zero attached hydrogens (tertiary/aromatic N) is 1. The number of hydrogen-bond acceptors (Lipinski definition) is 4. The number of nitrogens with one attached hydrogen (secondary N) is 1. The van der Waals surface area contributed by atoms with E-state index in [1.54, 1.807) is 18.2 Å². The van der Waals surface area contributed by atoms with Crippen LogP contribution in [0.5, 0.6) is 11.5 Å². The molecule has 1 amide bonds. The molecule has 2 aromatic carbocycles. The van der Waals surface area contributed by atoms with Gasteiger partial charge in [0.2, 0.25) is 0 Å². The van der Waals surface area contributed by atoms with Gasteiger partial charge >= 0.3 is 0 Å². The Labute approximate surface area is 193 Å². The maximum absolute atomic E-state index is 12.6. The Morgan fingerprint density at radius 2 is 1.97 bits per heavy atom. The Kier molecular flexibility index (Phi) is 10.1. The van der Waals surface area contributed by atoms with Gasteiger partial charge in [0.15, 0.2) is 11.5 Å². The average molecular weight is 485 g/mol. The van der Waals surface area contributed by atoms with E-state index < -0.39 is 5.91 Å².